The average molecular weight is 151 g/mol. The molecule has 0 saturated carbocycles. The SMILES string of the molecule is Cn1ccc2oc(CO)cc21. The second-order valence-corrected chi connectivity index (χ2v) is 2.55. The van der Waals surface area contributed by atoms with Crippen LogP contribution in [0.15, 0.2) is 22.7 Å². The van der Waals surface area contributed by atoms with Gasteiger partial charge in [0.05, 0.1) is 5.52 Å². The van der Waals surface area contributed by atoms with Crippen LogP contribution in [0.5, 0.6) is 0 Å². The lowest BCUT2D eigenvalue weighted by Crippen LogP contribution is -1.81. The average Bonchev–Trinajstić information content (AvgIpc) is 2.53. The van der Waals surface area contributed by atoms with Crippen molar-refractivity contribution in [3.8, 4) is 0 Å². The molecule has 3 nitrogen and oxygen atoms in total. The molecule has 0 aliphatic rings. The van der Waals surface area contributed by atoms with E-state index in [9.17, 15) is 0 Å². The molecule has 0 aromatic carbocycles. The molecule has 0 unspecified atom stereocenters. The van der Waals surface area contributed by atoms with Gasteiger partial charge in [-0.1, -0.05) is 0 Å². The molecule has 0 aliphatic heterocycles. The first-order valence-corrected chi connectivity index (χ1v) is 3.46. The van der Waals surface area contributed by atoms with Gasteiger partial charge in [-0.3, -0.25) is 0 Å². The minimum atomic E-state index is -0.0331. The first kappa shape index (κ1) is 6.49. The Hall–Kier alpha value is -1.22. The molecule has 0 atom stereocenters. The molecular weight excluding hydrogens is 142 g/mol. The van der Waals surface area contributed by atoms with Crippen molar-refractivity contribution in [3.05, 3.63) is 24.1 Å². The Labute approximate surface area is 63.9 Å². The van der Waals surface area contributed by atoms with Gasteiger partial charge in [-0.05, 0) is 6.07 Å². The smallest absolute Gasteiger partial charge is 0.152 e. The van der Waals surface area contributed by atoms with Gasteiger partial charge in [-0.15, -0.1) is 0 Å². The number of hydrogen-bond acceptors (Lipinski definition) is 2. The third-order valence-electron chi connectivity index (χ3n) is 1.78. The number of aromatic nitrogens is 1. The molecule has 0 aliphatic carbocycles. The van der Waals surface area contributed by atoms with Gasteiger partial charge in [0.1, 0.15) is 12.4 Å². The third-order valence-corrected chi connectivity index (χ3v) is 1.78. The van der Waals surface area contributed by atoms with Crippen LogP contribution in [0, 0.1) is 0 Å². The fourth-order valence-electron chi connectivity index (χ4n) is 1.18. The lowest BCUT2D eigenvalue weighted by Gasteiger charge is -1.86. The predicted molar refractivity (Wildman–Crippen MR) is 41.1 cm³/mol. The van der Waals surface area contributed by atoms with Crippen LogP contribution in [-0.4, -0.2) is 9.67 Å². The number of rotatable bonds is 1. The highest BCUT2D eigenvalue weighted by Crippen LogP contribution is 2.19. The van der Waals surface area contributed by atoms with Crippen LogP contribution in [0.2, 0.25) is 0 Å². The molecule has 0 amide bonds. The summed E-state index contributed by atoms with van der Waals surface area (Å²) < 4.78 is 7.22. The van der Waals surface area contributed by atoms with Crippen molar-refractivity contribution in [1.82, 2.24) is 4.57 Å². The fourth-order valence-corrected chi connectivity index (χ4v) is 1.18. The minimum Gasteiger partial charge on any atom is -0.457 e. The molecular formula is C8H9NO2. The Kier molecular flexibility index (Phi) is 1.26. The lowest BCUT2D eigenvalue weighted by atomic mass is 10.4. The summed E-state index contributed by atoms with van der Waals surface area (Å²) in [6.45, 7) is -0.0331. The molecule has 0 radical (unpaired) electrons. The van der Waals surface area contributed by atoms with Gasteiger partial charge in [0.25, 0.3) is 0 Å². The third kappa shape index (κ3) is 0.851. The summed E-state index contributed by atoms with van der Waals surface area (Å²) in [5.74, 6) is 0.617. The van der Waals surface area contributed by atoms with Gasteiger partial charge >= 0.3 is 0 Å². The number of furan rings is 1. The van der Waals surface area contributed by atoms with Gasteiger partial charge in [-0.25, -0.2) is 0 Å². The van der Waals surface area contributed by atoms with Crippen LogP contribution >= 0.6 is 0 Å². The maximum absolute atomic E-state index is 8.74. The summed E-state index contributed by atoms with van der Waals surface area (Å²) in [4.78, 5) is 0. The van der Waals surface area contributed by atoms with Gasteiger partial charge < -0.3 is 14.1 Å². The fraction of sp³-hybridized carbons (Fsp3) is 0.250. The Morgan fingerprint density at radius 2 is 2.45 bits per heavy atom. The highest BCUT2D eigenvalue weighted by molar-refractivity contribution is 5.74. The van der Waals surface area contributed by atoms with Gasteiger partial charge in [0.2, 0.25) is 0 Å². The largest absolute Gasteiger partial charge is 0.457 e. The zero-order valence-electron chi connectivity index (χ0n) is 6.24. The number of aryl methyl sites for hydroxylation is 1. The summed E-state index contributed by atoms with van der Waals surface area (Å²) in [6.07, 6.45) is 1.93. The van der Waals surface area contributed by atoms with Crippen LogP contribution in [0.1, 0.15) is 5.76 Å². The van der Waals surface area contributed by atoms with E-state index in [0.717, 1.165) is 11.1 Å². The molecule has 11 heavy (non-hydrogen) atoms. The van der Waals surface area contributed by atoms with Crippen LogP contribution in [0.3, 0.4) is 0 Å². The lowest BCUT2D eigenvalue weighted by molar-refractivity contribution is 0.251. The van der Waals surface area contributed by atoms with Crippen molar-refractivity contribution in [2.45, 2.75) is 6.61 Å². The van der Waals surface area contributed by atoms with E-state index in [1.807, 2.05) is 29.9 Å². The van der Waals surface area contributed by atoms with Gasteiger partial charge in [0.15, 0.2) is 5.58 Å². The van der Waals surface area contributed by atoms with Crippen molar-refractivity contribution in [2.24, 2.45) is 7.05 Å². The maximum Gasteiger partial charge on any atom is 0.152 e. The Balaban J connectivity index is 2.70. The molecule has 0 saturated heterocycles. The normalized spacial score (nSPS) is 11.1. The van der Waals surface area contributed by atoms with E-state index in [2.05, 4.69) is 0 Å². The van der Waals surface area contributed by atoms with Crippen molar-refractivity contribution in [1.29, 1.82) is 0 Å². The summed E-state index contributed by atoms with van der Waals surface area (Å²) in [6, 6.07) is 3.73. The number of nitrogens with zero attached hydrogens (tertiary/aromatic N) is 1. The molecule has 0 spiro atoms. The van der Waals surface area contributed by atoms with Crippen molar-refractivity contribution < 1.29 is 9.52 Å². The number of fused-ring (bicyclic) bond motifs is 1. The van der Waals surface area contributed by atoms with Crippen molar-refractivity contribution in [3.63, 3.8) is 0 Å². The second kappa shape index (κ2) is 2.13. The molecule has 58 valence electrons. The van der Waals surface area contributed by atoms with Crippen LogP contribution in [0.4, 0.5) is 0 Å². The Bertz CT molecular complexity index is 372. The summed E-state index contributed by atoms with van der Waals surface area (Å²) in [7, 11) is 1.94. The Morgan fingerprint density at radius 1 is 1.64 bits per heavy atom. The van der Waals surface area contributed by atoms with E-state index >= 15 is 0 Å². The minimum absolute atomic E-state index is 0.0331. The molecule has 0 fully saturated rings. The second-order valence-electron chi connectivity index (χ2n) is 2.55. The van der Waals surface area contributed by atoms with E-state index in [-0.39, 0.29) is 6.61 Å². The topological polar surface area (TPSA) is 38.3 Å². The highest BCUT2D eigenvalue weighted by Gasteiger charge is 2.04. The molecule has 1 N–H and O–H groups in total. The molecule has 2 aromatic rings. The molecule has 2 heterocycles. The highest BCUT2D eigenvalue weighted by atomic mass is 16.4. The van der Waals surface area contributed by atoms with Gasteiger partial charge in [-0.2, -0.15) is 0 Å². The first-order chi connectivity index (χ1) is 5.31. The van der Waals surface area contributed by atoms with E-state index in [0.29, 0.717) is 5.76 Å². The summed E-state index contributed by atoms with van der Waals surface area (Å²) >= 11 is 0. The zero-order chi connectivity index (χ0) is 7.84. The van der Waals surface area contributed by atoms with E-state index in [1.54, 1.807) is 0 Å². The zero-order valence-corrected chi connectivity index (χ0v) is 6.24. The van der Waals surface area contributed by atoms with Crippen molar-refractivity contribution in [2.75, 3.05) is 0 Å². The Morgan fingerprint density at radius 3 is 3.09 bits per heavy atom. The summed E-state index contributed by atoms with van der Waals surface area (Å²) in [5.41, 5.74) is 1.85. The predicted octanol–water partition coefficient (Wildman–Crippen LogP) is 1.26. The van der Waals surface area contributed by atoms with E-state index < -0.39 is 0 Å². The molecule has 0 bridgehead atoms. The quantitative estimate of drug-likeness (QED) is 0.666. The van der Waals surface area contributed by atoms with E-state index in [1.165, 1.54) is 0 Å². The number of hydrogen-bond donors (Lipinski definition) is 1. The number of aliphatic hydroxyl groups excluding tert-OH is 1. The van der Waals surface area contributed by atoms with Crippen LogP contribution in [0.25, 0.3) is 11.1 Å². The van der Waals surface area contributed by atoms with Gasteiger partial charge in [0, 0.05) is 19.3 Å². The molecule has 2 aromatic heterocycles. The van der Waals surface area contributed by atoms with Crippen LogP contribution < -0.4 is 0 Å². The number of aliphatic hydroxyl groups is 1. The maximum atomic E-state index is 8.74. The van der Waals surface area contributed by atoms with Crippen LogP contribution in [-0.2, 0) is 13.7 Å². The first-order valence-electron chi connectivity index (χ1n) is 3.46. The standard InChI is InChI=1S/C8H9NO2/c1-9-3-2-8-7(9)4-6(5-10)11-8/h2-4,10H,5H2,1H3. The van der Waals surface area contributed by atoms with E-state index in [4.69, 9.17) is 9.52 Å². The summed E-state index contributed by atoms with van der Waals surface area (Å²) in [5, 5.41) is 8.74. The molecule has 2 rings (SSSR count). The van der Waals surface area contributed by atoms with Crippen molar-refractivity contribution >= 4 is 11.1 Å². The monoisotopic (exact) mass is 151 g/mol. The molecule has 3 heteroatoms.